The molecule has 0 aromatic carbocycles. The van der Waals surface area contributed by atoms with E-state index in [1.54, 1.807) is 25.3 Å². The second-order valence-corrected chi connectivity index (χ2v) is 6.58. The minimum absolute atomic E-state index is 0.380. The predicted molar refractivity (Wildman–Crippen MR) is 84.1 cm³/mol. The molecule has 1 amide bonds. The third kappa shape index (κ3) is 3.50. The van der Waals surface area contributed by atoms with Crippen molar-refractivity contribution in [2.24, 2.45) is 0 Å². The van der Waals surface area contributed by atoms with Crippen LogP contribution in [-0.4, -0.2) is 23.0 Å². The lowest BCUT2D eigenvalue weighted by molar-refractivity contribution is -0.123. The zero-order valence-electron chi connectivity index (χ0n) is 12.2. The van der Waals surface area contributed by atoms with Gasteiger partial charge in [0.15, 0.2) is 6.10 Å². The highest BCUT2D eigenvalue weighted by Gasteiger charge is 2.23. The Labute approximate surface area is 135 Å². The van der Waals surface area contributed by atoms with Gasteiger partial charge in [0, 0.05) is 0 Å². The first-order valence-corrected chi connectivity index (χ1v) is 8.05. The van der Waals surface area contributed by atoms with E-state index in [9.17, 15) is 9.59 Å². The van der Waals surface area contributed by atoms with Crippen molar-refractivity contribution in [2.45, 2.75) is 26.9 Å². The number of amides is 1. The van der Waals surface area contributed by atoms with Gasteiger partial charge in [0.1, 0.15) is 15.9 Å². The van der Waals surface area contributed by atoms with E-state index >= 15 is 0 Å². The molecule has 0 bridgehead atoms. The van der Waals surface area contributed by atoms with E-state index in [0.717, 1.165) is 5.01 Å². The largest absolute Gasteiger partial charge is 0.448 e. The number of aromatic nitrogens is 1. The van der Waals surface area contributed by atoms with Crippen molar-refractivity contribution in [3.05, 3.63) is 32.6 Å². The number of thiophene rings is 1. The molecule has 0 spiro atoms. The Balaban J connectivity index is 2.01. The Hall–Kier alpha value is -2.24. The Morgan fingerprint density at radius 1 is 1.45 bits per heavy atom. The van der Waals surface area contributed by atoms with Crippen LogP contribution in [0.1, 0.15) is 32.9 Å². The summed E-state index contributed by atoms with van der Waals surface area (Å²) in [6.07, 6.45) is -0.969. The number of nitriles is 1. The summed E-state index contributed by atoms with van der Waals surface area (Å²) in [4.78, 5) is 28.6. The van der Waals surface area contributed by atoms with Crippen molar-refractivity contribution in [1.29, 1.82) is 5.26 Å². The van der Waals surface area contributed by atoms with E-state index in [4.69, 9.17) is 10.00 Å². The molecule has 2 aromatic rings. The maximum atomic E-state index is 12.0. The van der Waals surface area contributed by atoms with Crippen LogP contribution < -0.4 is 5.32 Å². The first-order valence-electron chi connectivity index (χ1n) is 6.36. The normalized spacial score (nSPS) is 11.5. The van der Waals surface area contributed by atoms with Gasteiger partial charge in [-0.2, -0.15) is 5.26 Å². The number of hydrogen-bond donors (Lipinski definition) is 1. The van der Waals surface area contributed by atoms with Crippen molar-refractivity contribution < 1.29 is 14.3 Å². The number of ether oxygens (including phenoxy) is 1. The summed E-state index contributed by atoms with van der Waals surface area (Å²) in [7, 11) is 0. The van der Waals surface area contributed by atoms with Gasteiger partial charge in [-0.1, -0.05) is 0 Å². The van der Waals surface area contributed by atoms with Crippen molar-refractivity contribution in [3.63, 3.8) is 0 Å². The average Bonchev–Trinajstić information content (AvgIpc) is 3.04. The molecule has 0 unspecified atom stereocenters. The van der Waals surface area contributed by atoms with Crippen molar-refractivity contribution in [2.75, 3.05) is 5.32 Å². The summed E-state index contributed by atoms with van der Waals surface area (Å²) in [5.74, 6) is -1.05. The van der Waals surface area contributed by atoms with Gasteiger partial charge in [-0.05, 0) is 32.2 Å². The van der Waals surface area contributed by atoms with Gasteiger partial charge in [-0.3, -0.25) is 4.79 Å². The maximum absolute atomic E-state index is 12.0. The number of nitrogens with zero attached hydrogens (tertiary/aromatic N) is 2. The van der Waals surface area contributed by atoms with E-state index in [0.29, 0.717) is 21.1 Å². The fourth-order valence-corrected chi connectivity index (χ4v) is 3.24. The third-order valence-electron chi connectivity index (χ3n) is 2.76. The van der Waals surface area contributed by atoms with Crippen LogP contribution in [-0.2, 0) is 9.53 Å². The van der Waals surface area contributed by atoms with Crippen LogP contribution in [0, 0.1) is 25.2 Å². The van der Waals surface area contributed by atoms with E-state index < -0.39 is 18.0 Å². The van der Waals surface area contributed by atoms with Crippen LogP contribution in [0.3, 0.4) is 0 Å². The number of carbonyl (C=O) groups excluding carboxylic acids is 2. The smallest absolute Gasteiger partial charge is 0.351 e. The van der Waals surface area contributed by atoms with Gasteiger partial charge < -0.3 is 10.1 Å². The molecule has 1 N–H and O–H groups in total. The lowest BCUT2D eigenvalue weighted by Crippen LogP contribution is -2.29. The van der Waals surface area contributed by atoms with E-state index in [2.05, 4.69) is 10.3 Å². The molecule has 0 radical (unpaired) electrons. The fourth-order valence-electron chi connectivity index (χ4n) is 1.70. The van der Waals surface area contributed by atoms with E-state index in [1.807, 2.05) is 6.07 Å². The number of nitrogens with one attached hydrogen (secondary N) is 1. The van der Waals surface area contributed by atoms with Crippen LogP contribution in [0.5, 0.6) is 0 Å². The fraction of sp³-hybridized carbons (Fsp3) is 0.286. The summed E-state index contributed by atoms with van der Waals surface area (Å²) < 4.78 is 5.16. The minimum Gasteiger partial charge on any atom is -0.448 e. The van der Waals surface area contributed by atoms with E-state index in [-0.39, 0.29) is 0 Å². The van der Waals surface area contributed by atoms with Gasteiger partial charge in [0.05, 0.1) is 16.3 Å². The SMILES string of the molecule is Cc1nc(C)c(C(=O)O[C@@H](C)C(=O)Nc2sccc2C#N)s1. The molecule has 0 aliphatic rings. The number of hydrogen-bond acceptors (Lipinski definition) is 7. The molecule has 0 saturated heterocycles. The standard InChI is InChI=1S/C14H13N3O3S2/c1-7-11(22-9(3)16-7)14(19)20-8(2)12(18)17-13-10(6-15)4-5-21-13/h4-5,8H,1-3H3,(H,17,18)/t8-/m0/s1. The molecule has 0 saturated carbocycles. The van der Waals surface area contributed by atoms with Gasteiger partial charge >= 0.3 is 5.97 Å². The summed E-state index contributed by atoms with van der Waals surface area (Å²) in [5, 5.41) is 14.4. The molecule has 2 rings (SSSR count). The Bertz CT molecular complexity index is 758. The highest BCUT2D eigenvalue weighted by molar-refractivity contribution is 7.14. The molecule has 0 aliphatic carbocycles. The summed E-state index contributed by atoms with van der Waals surface area (Å²) in [5.41, 5.74) is 0.968. The summed E-state index contributed by atoms with van der Waals surface area (Å²) in [6.45, 7) is 5.00. The molecule has 22 heavy (non-hydrogen) atoms. The molecule has 114 valence electrons. The summed E-state index contributed by atoms with van der Waals surface area (Å²) in [6, 6.07) is 3.59. The van der Waals surface area contributed by atoms with Crippen molar-refractivity contribution in [1.82, 2.24) is 4.98 Å². The topological polar surface area (TPSA) is 92.1 Å². The zero-order chi connectivity index (χ0) is 16.3. The van der Waals surface area contributed by atoms with E-state index in [1.165, 1.54) is 29.6 Å². The number of rotatable bonds is 4. The van der Waals surface area contributed by atoms with Crippen LogP contribution >= 0.6 is 22.7 Å². The monoisotopic (exact) mass is 335 g/mol. The highest BCUT2D eigenvalue weighted by Crippen LogP contribution is 2.23. The van der Waals surface area contributed by atoms with Crippen LogP contribution in [0.2, 0.25) is 0 Å². The Kier molecular flexibility index (Phi) is 4.90. The van der Waals surface area contributed by atoms with Gasteiger partial charge in [0.25, 0.3) is 5.91 Å². The molecule has 8 heteroatoms. The number of anilines is 1. The number of carbonyl (C=O) groups is 2. The Morgan fingerprint density at radius 2 is 2.18 bits per heavy atom. The predicted octanol–water partition coefficient (Wildman–Crippen LogP) is 2.88. The third-order valence-corrected chi connectivity index (χ3v) is 4.65. The first-order chi connectivity index (χ1) is 10.4. The summed E-state index contributed by atoms with van der Waals surface area (Å²) >= 11 is 2.47. The van der Waals surface area contributed by atoms with Crippen molar-refractivity contribution in [3.8, 4) is 6.07 Å². The van der Waals surface area contributed by atoms with Gasteiger partial charge in [-0.15, -0.1) is 22.7 Å². The first kappa shape index (κ1) is 16.1. The number of aryl methyl sites for hydroxylation is 2. The molecular weight excluding hydrogens is 322 g/mol. The lowest BCUT2D eigenvalue weighted by Gasteiger charge is -2.12. The molecular formula is C14H13N3O3S2. The minimum atomic E-state index is -0.969. The van der Waals surface area contributed by atoms with Gasteiger partial charge in [0.2, 0.25) is 0 Å². The zero-order valence-corrected chi connectivity index (χ0v) is 13.8. The Morgan fingerprint density at radius 3 is 2.77 bits per heavy atom. The lowest BCUT2D eigenvalue weighted by atomic mass is 10.3. The van der Waals surface area contributed by atoms with Crippen LogP contribution in [0.15, 0.2) is 11.4 Å². The molecule has 2 heterocycles. The number of esters is 1. The van der Waals surface area contributed by atoms with Crippen LogP contribution in [0.25, 0.3) is 0 Å². The average molecular weight is 335 g/mol. The quantitative estimate of drug-likeness (QED) is 0.867. The molecule has 6 nitrogen and oxygen atoms in total. The molecule has 0 aliphatic heterocycles. The molecule has 2 aromatic heterocycles. The van der Waals surface area contributed by atoms with Gasteiger partial charge in [-0.25, -0.2) is 9.78 Å². The molecule has 0 fully saturated rings. The van der Waals surface area contributed by atoms with Crippen LogP contribution in [0.4, 0.5) is 5.00 Å². The highest BCUT2D eigenvalue weighted by atomic mass is 32.1. The number of thiazole rings is 1. The maximum Gasteiger partial charge on any atom is 0.351 e. The van der Waals surface area contributed by atoms with Crippen molar-refractivity contribution >= 4 is 39.6 Å². The molecule has 1 atom stereocenters. The second kappa shape index (κ2) is 6.68. The second-order valence-electron chi connectivity index (χ2n) is 4.46.